The molecule has 0 radical (unpaired) electrons. The van der Waals surface area contributed by atoms with Crippen LogP contribution in [0.2, 0.25) is 5.02 Å². The maximum Gasteiger partial charge on any atom is 0.276 e. The van der Waals surface area contributed by atoms with Crippen molar-refractivity contribution < 1.29 is 13.7 Å². The van der Waals surface area contributed by atoms with Crippen molar-refractivity contribution >= 4 is 17.5 Å². The fourth-order valence-corrected chi connectivity index (χ4v) is 2.64. The van der Waals surface area contributed by atoms with Gasteiger partial charge in [0.25, 0.3) is 5.91 Å². The largest absolute Gasteiger partial charge is 0.355 e. The Morgan fingerprint density at radius 2 is 2.08 bits per heavy atom. The minimum atomic E-state index is -0.344. The molecule has 2 heterocycles. The predicted molar refractivity (Wildman–Crippen MR) is 90.6 cm³/mol. The van der Waals surface area contributed by atoms with Gasteiger partial charge in [0.15, 0.2) is 11.5 Å². The molecule has 8 heteroatoms. The van der Waals surface area contributed by atoms with E-state index in [-0.39, 0.29) is 17.4 Å². The van der Waals surface area contributed by atoms with Crippen molar-refractivity contribution in [2.24, 2.45) is 0 Å². The van der Waals surface area contributed by atoms with E-state index in [0.29, 0.717) is 29.4 Å². The van der Waals surface area contributed by atoms with Gasteiger partial charge in [-0.25, -0.2) is 4.39 Å². The Balaban J connectivity index is 1.76. The Morgan fingerprint density at radius 3 is 2.76 bits per heavy atom. The molecule has 3 rings (SSSR count). The zero-order valence-corrected chi connectivity index (χ0v) is 14.5. The predicted octanol–water partition coefficient (Wildman–Crippen LogP) is 3.62. The molecule has 1 aromatic carbocycles. The van der Waals surface area contributed by atoms with E-state index in [9.17, 15) is 9.18 Å². The van der Waals surface area contributed by atoms with Gasteiger partial charge in [-0.05, 0) is 31.2 Å². The minimum absolute atomic E-state index is 0.167. The SMILES string of the molecule is CCn1ncc(Cl)c1CN(C)C(=O)c1cc(-c2ccc(F)cc2)on1. The van der Waals surface area contributed by atoms with E-state index in [1.807, 2.05) is 6.92 Å². The van der Waals surface area contributed by atoms with Crippen molar-refractivity contribution in [3.05, 3.63) is 58.8 Å². The molecule has 0 unspecified atom stereocenters. The first-order valence-corrected chi connectivity index (χ1v) is 8.05. The highest BCUT2D eigenvalue weighted by Crippen LogP contribution is 2.22. The summed E-state index contributed by atoms with van der Waals surface area (Å²) in [6, 6.07) is 7.30. The normalized spacial score (nSPS) is 10.9. The summed E-state index contributed by atoms with van der Waals surface area (Å²) < 4.78 is 19.9. The van der Waals surface area contributed by atoms with Crippen molar-refractivity contribution in [3.8, 4) is 11.3 Å². The number of aryl methyl sites for hydroxylation is 1. The zero-order valence-electron chi connectivity index (χ0n) is 13.7. The molecule has 130 valence electrons. The number of rotatable bonds is 5. The number of benzene rings is 1. The molecule has 6 nitrogen and oxygen atoms in total. The number of nitrogens with zero attached hydrogens (tertiary/aromatic N) is 4. The van der Waals surface area contributed by atoms with Crippen LogP contribution in [0, 0.1) is 5.82 Å². The fourth-order valence-electron chi connectivity index (χ4n) is 2.44. The molecule has 0 atom stereocenters. The quantitative estimate of drug-likeness (QED) is 0.695. The van der Waals surface area contributed by atoms with Crippen LogP contribution in [0.5, 0.6) is 0 Å². The number of hydrogen-bond donors (Lipinski definition) is 0. The number of carbonyl (C=O) groups is 1. The minimum Gasteiger partial charge on any atom is -0.355 e. The van der Waals surface area contributed by atoms with Crippen molar-refractivity contribution in [1.82, 2.24) is 19.8 Å². The lowest BCUT2D eigenvalue weighted by Gasteiger charge is -2.16. The monoisotopic (exact) mass is 362 g/mol. The van der Waals surface area contributed by atoms with Gasteiger partial charge < -0.3 is 9.42 Å². The van der Waals surface area contributed by atoms with Crippen LogP contribution in [0.15, 0.2) is 41.1 Å². The highest BCUT2D eigenvalue weighted by molar-refractivity contribution is 6.31. The molecular weight excluding hydrogens is 347 g/mol. The first-order valence-electron chi connectivity index (χ1n) is 7.68. The van der Waals surface area contributed by atoms with Gasteiger partial charge in [0.05, 0.1) is 23.5 Å². The highest BCUT2D eigenvalue weighted by Gasteiger charge is 2.20. The summed E-state index contributed by atoms with van der Waals surface area (Å²) in [5.74, 6) is -0.255. The summed E-state index contributed by atoms with van der Waals surface area (Å²) in [5, 5.41) is 8.48. The molecule has 1 amide bonds. The maximum atomic E-state index is 13.0. The summed E-state index contributed by atoms with van der Waals surface area (Å²) >= 11 is 6.13. The standard InChI is InChI=1S/C17H16ClFN4O2/c1-3-23-15(13(18)9-20-23)10-22(2)17(24)14-8-16(25-21-14)11-4-6-12(19)7-5-11/h4-9H,3,10H2,1-2H3. The van der Waals surface area contributed by atoms with E-state index in [1.54, 1.807) is 30.1 Å². The molecule has 0 fully saturated rings. The van der Waals surface area contributed by atoms with E-state index in [1.165, 1.54) is 23.1 Å². The molecule has 0 aliphatic heterocycles. The molecule has 2 aromatic heterocycles. The number of amides is 1. The van der Waals surface area contributed by atoms with Gasteiger partial charge in [-0.15, -0.1) is 0 Å². The lowest BCUT2D eigenvalue weighted by Crippen LogP contribution is -2.27. The zero-order chi connectivity index (χ0) is 18.0. The van der Waals surface area contributed by atoms with Crippen molar-refractivity contribution in [2.75, 3.05) is 7.05 Å². The van der Waals surface area contributed by atoms with Crippen LogP contribution in [-0.4, -0.2) is 32.8 Å². The molecule has 0 aliphatic rings. The van der Waals surface area contributed by atoms with Crippen LogP contribution in [0.25, 0.3) is 11.3 Å². The average molecular weight is 363 g/mol. The van der Waals surface area contributed by atoms with Crippen molar-refractivity contribution in [2.45, 2.75) is 20.0 Å². The number of halogens is 2. The van der Waals surface area contributed by atoms with E-state index < -0.39 is 0 Å². The second kappa shape index (κ2) is 7.06. The Morgan fingerprint density at radius 1 is 1.36 bits per heavy atom. The van der Waals surface area contributed by atoms with E-state index in [2.05, 4.69) is 10.3 Å². The van der Waals surface area contributed by atoms with Gasteiger partial charge in [-0.3, -0.25) is 9.48 Å². The Hall–Kier alpha value is -2.67. The molecule has 3 aromatic rings. The molecule has 0 bridgehead atoms. The Kier molecular flexibility index (Phi) is 4.85. The van der Waals surface area contributed by atoms with E-state index in [0.717, 1.165) is 5.69 Å². The van der Waals surface area contributed by atoms with Crippen molar-refractivity contribution in [3.63, 3.8) is 0 Å². The van der Waals surface area contributed by atoms with E-state index >= 15 is 0 Å². The van der Waals surface area contributed by atoms with Crippen LogP contribution in [0.3, 0.4) is 0 Å². The van der Waals surface area contributed by atoms with Crippen LogP contribution in [0.1, 0.15) is 23.1 Å². The maximum absolute atomic E-state index is 13.0. The smallest absolute Gasteiger partial charge is 0.276 e. The molecular formula is C17H16ClFN4O2. The molecule has 0 aliphatic carbocycles. The molecule has 0 saturated carbocycles. The van der Waals surface area contributed by atoms with Gasteiger partial charge in [0, 0.05) is 25.2 Å². The number of aromatic nitrogens is 3. The number of carbonyl (C=O) groups excluding carboxylic acids is 1. The van der Waals surface area contributed by atoms with Crippen LogP contribution in [0.4, 0.5) is 4.39 Å². The second-order valence-electron chi connectivity index (χ2n) is 5.50. The third kappa shape index (κ3) is 3.56. The summed E-state index contributed by atoms with van der Waals surface area (Å²) in [4.78, 5) is 14.0. The Labute approximate surface area is 148 Å². The van der Waals surface area contributed by atoms with Crippen LogP contribution < -0.4 is 0 Å². The van der Waals surface area contributed by atoms with Gasteiger partial charge in [-0.2, -0.15) is 5.10 Å². The van der Waals surface area contributed by atoms with Crippen LogP contribution in [-0.2, 0) is 13.1 Å². The summed E-state index contributed by atoms with van der Waals surface area (Å²) in [6.45, 7) is 2.90. The lowest BCUT2D eigenvalue weighted by molar-refractivity contribution is 0.0771. The highest BCUT2D eigenvalue weighted by atomic mass is 35.5. The van der Waals surface area contributed by atoms with Gasteiger partial charge in [0.1, 0.15) is 5.82 Å². The topological polar surface area (TPSA) is 64.2 Å². The molecule has 25 heavy (non-hydrogen) atoms. The Bertz CT molecular complexity index is 888. The second-order valence-corrected chi connectivity index (χ2v) is 5.91. The first-order chi connectivity index (χ1) is 12.0. The summed E-state index contributed by atoms with van der Waals surface area (Å²) in [6.07, 6.45) is 1.56. The summed E-state index contributed by atoms with van der Waals surface area (Å²) in [7, 11) is 1.65. The third-order valence-electron chi connectivity index (χ3n) is 3.79. The third-order valence-corrected chi connectivity index (χ3v) is 4.10. The van der Waals surface area contributed by atoms with Crippen molar-refractivity contribution in [1.29, 1.82) is 0 Å². The molecule has 0 spiro atoms. The van der Waals surface area contributed by atoms with Gasteiger partial charge in [0.2, 0.25) is 0 Å². The van der Waals surface area contributed by atoms with Gasteiger partial charge in [-0.1, -0.05) is 16.8 Å². The fraction of sp³-hybridized carbons (Fsp3) is 0.235. The average Bonchev–Trinajstić information content (AvgIpc) is 3.23. The lowest BCUT2D eigenvalue weighted by atomic mass is 10.1. The summed E-state index contributed by atoms with van der Waals surface area (Å²) in [5.41, 5.74) is 1.56. The van der Waals surface area contributed by atoms with Crippen LogP contribution >= 0.6 is 11.6 Å². The van der Waals surface area contributed by atoms with E-state index in [4.69, 9.17) is 16.1 Å². The molecule has 0 saturated heterocycles. The number of hydrogen-bond acceptors (Lipinski definition) is 4. The van der Waals surface area contributed by atoms with Gasteiger partial charge >= 0.3 is 0 Å². The first kappa shape index (κ1) is 17.2. The molecule has 0 N–H and O–H groups in total.